The Hall–Kier alpha value is -2.79. The number of rotatable bonds is 5. The number of amides is 1. The van der Waals surface area contributed by atoms with Gasteiger partial charge >= 0.3 is 5.97 Å². The van der Waals surface area contributed by atoms with Gasteiger partial charge in [0.25, 0.3) is 5.91 Å². The molecule has 0 bridgehead atoms. The van der Waals surface area contributed by atoms with Crippen molar-refractivity contribution < 1.29 is 14.3 Å². The fourth-order valence-electron chi connectivity index (χ4n) is 2.77. The van der Waals surface area contributed by atoms with Gasteiger partial charge in [-0.3, -0.25) is 4.79 Å². The van der Waals surface area contributed by atoms with Crippen LogP contribution in [0.1, 0.15) is 15.9 Å². The number of carbonyl (C=O) groups is 2. The minimum atomic E-state index is -0.505. The number of aryl methyl sites for hydroxylation is 1. The number of fused-ring (bicyclic) bond motifs is 1. The molecule has 0 saturated heterocycles. The summed E-state index contributed by atoms with van der Waals surface area (Å²) in [5.41, 5.74) is 2.34. The van der Waals surface area contributed by atoms with E-state index in [0.29, 0.717) is 17.1 Å². The van der Waals surface area contributed by atoms with E-state index in [0.717, 1.165) is 16.5 Å². The summed E-state index contributed by atoms with van der Waals surface area (Å²) in [6.45, 7) is 0.119. The number of hydrogen-bond donors (Lipinski definition) is 0. The standard InChI is InChI=1S/C20H19ClN2O3/c1-22-12-17(16-5-3-4-6-18(16)22)20(25)26-13-19(24)23(2)11-14-7-9-15(21)10-8-14/h3-10,12H,11,13H2,1-2H3. The molecule has 0 aliphatic heterocycles. The largest absolute Gasteiger partial charge is 0.452 e. The minimum Gasteiger partial charge on any atom is -0.452 e. The summed E-state index contributed by atoms with van der Waals surface area (Å²) >= 11 is 5.86. The van der Waals surface area contributed by atoms with E-state index in [-0.39, 0.29) is 12.5 Å². The van der Waals surface area contributed by atoms with Crippen LogP contribution in [-0.4, -0.2) is 35.0 Å². The van der Waals surface area contributed by atoms with E-state index in [2.05, 4.69) is 0 Å². The molecule has 0 N–H and O–H groups in total. The first-order valence-electron chi connectivity index (χ1n) is 8.15. The number of esters is 1. The molecule has 0 spiro atoms. The van der Waals surface area contributed by atoms with Crippen molar-refractivity contribution in [3.63, 3.8) is 0 Å². The molecule has 2 aromatic carbocycles. The molecule has 3 aromatic rings. The zero-order valence-corrected chi connectivity index (χ0v) is 15.4. The SMILES string of the molecule is CN(Cc1ccc(Cl)cc1)C(=O)COC(=O)c1cn(C)c2ccccc12. The number of benzene rings is 2. The fourth-order valence-corrected chi connectivity index (χ4v) is 2.90. The van der Waals surface area contributed by atoms with E-state index < -0.39 is 5.97 Å². The van der Waals surface area contributed by atoms with Gasteiger partial charge in [-0.05, 0) is 23.8 Å². The zero-order valence-electron chi connectivity index (χ0n) is 14.6. The molecule has 1 amide bonds. The maximum atomic E-state index is 12.4. The van der Waals surface area contributed by atoms with E-state index >= 15 is 0 Å². The van der Waals surface area contributed by atoms with Crippen molar-refractivity contribution >= 4 is 34.4 Å². The third-order valence-corrected chi connectivity index (χ3v) is 4.45. The Bertz CT molecular complexity index is 947. The van der Waals surface area contributed by atoms with E-state index in [1.54, 1.807) is 25.4 Å². The Kier molecular flexibility index (Phi) is 5.28. The van der Waals surface area contributed by atoms with E-state index in [1.807, 2.05) is 48.0 Å². The van der Waals surface area contributed by atoms with E-state index in [4.69, 9.17) is 16.3 Å². The molecule has 6 heteroatoms. The van der Waals surface area contributed by atoms with Gasteiger partial charge in [0, 0.05) is 42.8 Å². The number of hydrogen-bond acceptors (Lipinski definition) is 3. The fraction of sp³-hybridized carbons (Fsp3) is 0.200. The lowest BCUT2D eigenvalue weighted by Gasteiger charge is -2.17. The minimum absolute atomic E-state index is 0.270. The van der Waals surface area contributed by atoms with Crippen LogP contribution in [0.5, 0.6) is 0 Å². The Labute approximate surface area is 156 Å². The van der Waals surface area contributed by atoms with Crippen LogP contribution in [0.15, 0.2) is 54.7 Å². The van der Waals surface area contributed by atoms with Crippen LogP contribution in [0.25, 0.3) is 10.9 Å². The van der Waals surface area contributed by atoms with Gasteiger partial charge in [-0.1, -0.05) is 41.9 Å². The van der Waals surface area contributed by atoms with Gasteiger partial charge in [-0.15, -0.1) is 0 Å². The van der Waals surface area contributed by atoms with Crippen LogP contribution >= 0.6 is 11.6 Å². The zero-order chi connectivity index (χ0) is 18.7. The second kappa shape index (κ2) is 7.62. The molecule has 5 nitrogen and oxygen atoms in total. The highest BCUT2D eigenvalue weighted by Gasteiger charge is 2.17. The first-order chi connectivity index (χ1) is 12.5. The predicted molar refractivity (Wildman–Crippen MR) is 101 cm³/mol. The molecular weight excluding hydrogens is 352 g/mol. The molecule has 0 aliphatic rings. The molecule has 26 heavy (non-hydrogen) atoms. The van der Waals surface area contributed by atoms with Crippen LogP contribution in [0.3, 0.4) is 0 Å². The lowest BCUT2D eigenvalue weighted by atomic mass is 10.2. The molecule has 0 atom stereocenters. The second-order valence-corrected chi connectivity index (χ2v) is 6.56. The van der Waals surface area contributed by atoms with Crippen LogP contribution in [0.2, 0.25) is 5.02 Å². The molecule has 134 valence electrons. The number of halogens is 1. The molecule has 1 aromatic heterocycles. The Morgan fingerprint density at radius 1 is 1.12 bits per heavy atom. The summed E-state index contributed by atoms with van der Waals surface area (Å²) in [5, 5.41) is 1.45. The summed E-state index contributed by atoms with van der Waals surface area (Å²) in [6, 6.07) is 14.8. The lowest BCUT2D eigenvalue weighted by Crippen LogP contribution is -2.30. The number of nitrogens with zero attached hydrogens (tertiary/aromatic N) is 2. The topological polar surface area (TPSA) is 51.5 Å². The number of likely N-dealkylation sites (N-methyl/N-ethyl adjacent to an activating group) is 1. The second-order valence-electron chi connectivity index (χ2n) is 6.12. The summed E-state index contributed by atoms with van der Waals surface area (Å²) < 4.78 is 7.09. The van der Waals surface area contributed by atoms with Crippen molar-refractivity contribution in [3.05, 3.63) is 70.9 Å². The van der Waals surface area contributed by atoms with Gasteiger partial charge < -0.3 is 14.2 Å². The first kappa shape index (κ1) is 18.0. The van der Waals surface area contributed by atoms with E-state index in [9.17, 15) is 9.59 Å². The van der Waals surface area contributed by atoms with Crippen molar-refractivity contribution in [2.24, 2.45) is 7.05 Å². The molecule has 0 aliphatic carbocycles. The highest BCUT2D eigenvalue weighted by Crippen LogP contribution is 2.21. The monoisotopic (exact) mass is 370 g/mol. The quantitative estimate of drug-likeness (QED) is 0.644. The van der Waals surface area contributed by atoms with Gasteiger partial charge in [0.2, 0.25) is 0 Å². The van der Waals surface area contributed by atoms with Crippen molar-refractivity contribution in [1.82, 2.24) is 9.47 Å². The normalized spacial score (nSPS) is 10.7. The molecule has 0 unspecified atom stereocenters. The van der Waals surface area contributed by atoms with Gasteiger partial charge in [0.05, 0.1) is 5.56 Å². The molecule has 0 saturated carbocycles. The van der Waals surface area contributed by atoms with Gasteiger partial charge in [0.1, 0.15) is 0 Å². The highest BCUT2D eigenvalue weighted by atomic mass is 35.5. The van der Waals surface area contributed by atoms with Crippen molar-refractivity contribution in [2.45, 2.75) is 6.54 Å². The average Bonchev–Trinajstić information content (AvgIpc) is 2.98. The Morgan fingerprint density at radius 3 is 2.54 bits per heavy atom. The van der Waals surface area contributed by atoms with Crippen LogP contribution < -0.4 is 0 Å². The Morgan fingerprint density at radius 2 is 1.81 bits per heavy atom. The van der Waals surface area contributed by atoms with Gasteiger partial charge in [0.15, 0.2) is 6.61 Å². The number of para-hydroxylation sites is 1. The molecule has 0 radical (unpaired) electrons. The number of aromatic nitrogens is 1. The average molecular weight is 371 g/mol. The smallest absolute Gasteiger partial charge is 0.340 e. The molecule has 0 fully saturated rings. The van der Waals surface area contributed by atoms with Crippen molar-refractivity contribution in [1.29, 1.82) is 0 Å². The third kappa shape index (κ3) is 3.89. The maximum Gasteiger partial charge on any atom is 0.340 e. The number of ether oxygens (including phenoxy) is 1. The summed E-state index contributed by atoms with van der Waals surface area (Å²) in [6.07, 6.45) is 1.72. The van der Waals surface area contributed by atoms with Gasteiger partial charge in [-0.2, -0.15) is 0 Å². The highest BCUT2D eigenvalue weighted by molar-refractivity contribution is 6.30. The number of carbonyl (C=O) groups excluding carboxylic acids is 2. The molecule has 1 heterocycles. The lowest BCUT2D eigenvalue weighted by molar-refractivity contribution is -0.133. The Balaban J connectivity index is 1.61. The predicted octanol–water partition coefficient (Wildman–Crippen LogP) is 3.65. The van der Waals surface area contributed by atoms with Crippen LogP contribution in [0.4, 0.5) is 0 Å². The van der Waals surface area contributed by atoms with Crippen molar-refractivity contribution in [2.75, 3.05) is 13.7 Å². The maximum absolute atomic E-state index is 12.4. The summed E-state index contributed by atoms with van der Waals surface area (Å²) in [7, 11) is 3.53. The van der Waals surface area contributed by atoms with Crippen molar-refractivity contribution in [3.8, 4) is 0 Å². The third-order valence-electron chi connectivity index (χ3n) is 4.20. The van der Waals surface area contributed by atoms with Crippen LogP contribution in [0, 0.1) is 0 Å². The summed E-state index contributed by atoms with van der Waals surface area (Å²) in [5.74, 6) is -0.774. The summed E-state index contributed by atoms with van der Waals surface area (Å²) in [4.78, 5) is 26.1. The molecule has 3 rings (SSSR count). The molecular formula is C20H19ClN2O3. The first-order valence-corrected chi connectivity index (χ1v) is 8.53. The van der Waals surface area contributed by atoms with E-state index in [1.165, 1.54) is 4.90 Å². The van der Waals surface area contributed by atoms with Gasteiger partial charge in [-0.25, -0.2) is 4.79 Å². The van der Waals surface area contributed by atoms with Crippen LogP contribution in [-0.2, 0) is 23.1 Å².